The van der Waals surface area contributed by atoms with E-state index in [-0.39, 0.29) is 12.1 Å². The first-order chi connectivity index (χ1) is 9.11. The largest absolute Gasteiger partial charge is 0.491 e. The molecule has 2 aromatic rings. The van der Waals surface area contributed by atoms with Crippen LogP contribution in [0.3, 0.4) is 0 Å². The predicted molar refractivity (Wildman–Crippen MR) is 75.1 cm³/mol. The van der Waals surface area contributed by atoms with Gasteiger partial charge >= 0.3 is 0 Å². The Hall–Kier alpha value is -1.49. The van der Waals surface area contributed by atoms with Gasteiger partial charge in [-0.2, -0.15) is 0 Å². The zero-order valence-electron chi connectivity index (χ0n) is 10.9. The number of hydrogen-bond acceptors (Lipinski definition) is 4. The van der Waals surface area contributed by atoms with E-state index >= 15 is 0 Å². The van der Waals surface area contributed by atoms with E-state index in [0.717, 1.165) is 16.9 Å². The highest BCUT2D eigenvalue weighted by Crippen LogP contribution is 2.30. The predicted octanol–water partition coefficient (Wildman–Crippen LogP) is 3.27. The first-order valence-corrected chi connectivity index (χ1v) is 6.45. The highest BCUT2D eigenvalue weighted by molar-refractivity contribution is 6.29. The van der Waals surface area contributed by atoms with Gasteiger partial charge in [0.05, 0.1) is 18.4 Å². The topological polar surface area (TPSA) is 60.4 Å². The van der Waals surface area contributed by atoms with E-state index in [1.165, 1.54) is 6.26 Å². The summed E-state index contributed by atoms with van der Waals surface area (Å²) in [6.07, 6.45) is 1.66. The molecule has 0 bridgehead atoms. The summed E-state index contributed by atoms with van der Waals surface area (Å²) in [6.45, 7) is 3.97. The molecule has 1 aromatic heterocycles. The number of hydrogen-bond donors (Lipinski definition) is 2. The van der Waals surface area contributed by atoms with Crippen LogP contribution in [0.1, 0.15) is 31.0 Å². The van der Waals surface area contributed by atoms with Crippen molar-refractivity contribution in [3.05, 3.63) is 52.9 Å². The SMILES string of the molecule is CC(C)Oc1cccc(C(NN)c2ccoc2Cl)c1. The van der Waals surface area contributed by atoms with Crippen LogP contribution in [0.4, 0.5) is 0 Å². The summed E-state index contributed by atoms with van der Waals surface area (Å²) >= 11 is 5.99. The summed E-state index contributed by atoms with van der Waals surface area (Å²) in [5.41, 5.74) is 4.50. The smallest absolute Gasteiger partial charge is 0.198 e. The zero-order valence-corrected chi connectivity index (χ0v) is 11.6. The molecule has 1 heterocycles. The van der Waals surface area contributed by atoms with Crippen LogP contribution in [0.25, 0.3) is 0 Å². The molecule has 0 aliphatic carbocycles. The quantitative estimate of drug-likeness (QED) is 0.652. The average Bonchev–Trinajstić information content (AvgIpc) is 2.77. The van der Waals surface area contributed by atoms with Gasteiger partial charge in [-0.3, -0.25) is 5.84 Å². The first-order valence-electron chi connectivity index (χ1n) is 6.07. The van der Waals surface area contributed by atoms with E-state index in [2.05, 4.69) is 5.43 Å². The summed E-state index contributed by atoms with van der Waals surface area (Å²) < 4.78 is 10.8. The molecule has 0 amide bonds. The third-order valence-corrected chi connectivity index (χ3v) is 2.99. The van der Waals surface area contributed by atoms with Gasteiger partial charge in [0, 0.05) is 5.56 Å². The van der Waals surface area contributed by atoms with Gasteiger partial charge in [-0.1, -0.05) is 12.1 Å². The maximum absolute atomic E-state index is 5.99. The van der Waals surface area contributed by atoms with Crippen molar-refractivity contribution in [2.75, 3.05) is 0 Å². The number of halogens is 1. The Bertz CT molecular complexity index is 540. The van der Waals surface area contributed by atoms with E-state index in [9.17, 15) is 0 Å². The Morgan fingerprint density at radius 3 is 2.68 bits per heavy atom. The van der Waals surface area contributed by atoms with Gasteiger partial charge < -0.3 is 9.15 Å². The van der Waals surface area contributed by atoms with E-state index < -0.39 is 0 Å². The van der Waals surface area contributed by atoms with Crippen LogP contribution in [0, 0.1) is 0 Å². The second-order valence-corrected chi connectivity index (χ2v) is 4.83. The molecule has 1 aromatic carbocycles. The molecule has 19 heavy (non-hydrogen) atoms. The molecule has 2 rings (SSSR count). The van der Waals surface area contributed by atoms with Crippen molar-refractivity contribution in [3.8, 4) is 5.75 Å². The minimum atomic E-state index is -0.234. The second-order valence-electron chi connectivity index (χ2n) is 4.49. The molecule has 1 atom stereocenters. The minimum absolute atomic E-state index is 0.122. The molecular weight excluding hydrogens is 264 g/mol. The van der Waals surface area contributed by atoms with Gasteiger partial charge in [-0.15, -0.1) is 0 Å². The molecule has 0 saturated heterocycles. The first kappa shape index (κ1) is 13.9. The molecule has 4 nitrogen and oxygen atoms in total. The number of benzene rings is 1. The van der Waals surface area contributed by atoms with Gasteiger partial charge in [-0.25, -0.2) is 5.43 Å². The van der Waals surface area contributed by atoms with Crippen molar-refractivity contribution in [1.82, 2.24) is 5.43 Å². The molecular formula is C14H17ClN2O2. The van der Waals surface area contributed by atoms with Crippen molar-refractivity contribution in [2.24, 2.45) is 5.84 Å². The Morgan fingerprint density at radius 2 is 2.11 bits per heavy atom. The van der Waals surface area contributed by atoms with E-state index in [0.29, 0.717) is 5.22 Å². The number of furan rings is 1. The molecule has 0 saturated carbocycles. The standard InChI is InChI=1S/C14H17ClN2O2/c1-9(2)19-11-5-3-4-10(8-11)13(17-16)12-6-7-18-14(12)15/h3-9,13,17H,16H2,1-2H3. The molecule has 0 aliphatic rings. The monoisotopic (exact) mass is 280 g/mol. The summed E-state index contributed by atoms with van der Waals surface area (Å²) in [6, 6.07) is 9.29. The fraction of sp³-hybridized carbons (Fsp3) is 0.286. The third-order valence-electron chi connectivity index (χ3n) is 2.69. The van der Waals surface area contributed by atoms with Crippen LogP contribution < -0.4 is 16.0 Å². The fourth-order valence-corrected chi connectivity index (χ4v) is 2.14. The number of hydrazine groups is 1. The molecule has 102 valence electrons. The second kappa shape index (κ2) is 6.10. The van der Waals surface area contributed by atoms with E-state index in [4.69, 9.17) is 26.6 Å². The lowest BCUT2D eigenvalue weighted by molar-refractivity contribution is 0.242. The van der Waals surface area contributed by atoms with Crippen LogP contribution in [0.15, 0.2) is 41.0 Å². The van der Waals surface area contributed by atoms with Crippen molar-refractivity contribution in [1.29, 1.82) is 0 Å². The van der Waals surface area contributed by atoms with Crippen LogP contribution in [0.2, 0.25) is 5.22 Å². The lowest BCUT2D eigenvalue weighted by Crippen LogP contribution is -2.28. The van der Waals surface area contributed by atoms with E-state index in [1.807, 2.05) is 38.1 Å². The summed E-state index contributed by atoms with van der Waals surface area (Å²) in [7, 11) is 0. The number of nitrogens with one attached hydrogen (secondary N) is 1. The Balaban J connectivity index is 2.31. The number of nitrogens with two attached hydrogens (primary N) is 1. The highest BCUT2D eigenvalue weighted by atomic mass is 35.5. The number of ether oxygens (including phenoxy) is 1. The van der Waals surface area contributed by atoms with Crippen LogP contribution in [-0.2, 0) is 0 Å². The fourth-order valence-electron chi connectivity index (χ4n) is 1.92. The van der Waals surface area contributed by atoms with Crippen LogP contribution in [0.5, 0.6) is 5.75 Å². The highest BCUT2D eigenvalue weighted by Gasteiger charge is 2.18. The molecule has 0 fully saturated rings. The maximum Gasteiger partial charge on any atom is 0.198 e. The summed E-state index contributed by atoms with van der Waals surface area (Å²) in [5.74, 6) is 6.42. The molecule has 5 heteroatoms. The third kappa shape index (κ3) is 3.29. The molecule has 0 spiro atoms. The van der Waals surface area contributed by atoms with Crippen LogP contribution in [-0.4, -0.2) is 6.10 Å². The Labute approximate surface area is 117 Å². The van der Waals surface area contributed by atoms with Gasteiger partial charge in [-0.05, 0) is 49.2 Å². The van der Waals surface area contributed by atoms with Gasteiger partial charge in [0.1, 0.15) is 5.75 Å². The normalized spacial score (nSPS) is 12.7. The zero-order chi connectivity index (χ0) is 13.8. The van der Waals surface area contributed by atoms with Crippen molar-refractivity contribution in [3.63, 3.8) is 0 Å². The van der Waals surface area contributed by atoms with Crippen molar-refractivity contribution >= 4 is 11.6 Å². The Kier molecular flexibility index (Phi) is 4.47. The van der Waals surface area contributed by atoms with Gasteiger partial charge in [0.25, 0.3) is 0 Å². The summed E-state index contributed by atoms with van der Waals surface area (Å²) in [5, 5.41) is 0.332. The minimum Gasteiger partial charge on any atom is -0.491 e. The van der Waals surface area contributed by atoms with Gasteiger partial charge in [0.15, 0.2) is 5.22 Å². The van der Waals surface area contributed by atoms with Crippen molar-refractivity contribution in [2.45, 2.75) is 26.0 Å². The van der Waals surface area contributed by atoms with Crippen LogP contribution >= 0.6 is 11.6 Å². The lowest BCUT2D eigenvalue weighted by atomic mass is 10.0. The number of rotatable bonds is 5. The maximum atomic E-state index is 5.99. The Morgan fingerprint density at radius 1 is 1.32 bits per heavy atom. The molecule has 3 N–H and O–H groups in total. The van der Waals surface area contributed by atoms with Gasteiger partial charge in [0.2, 0.25) is 0 Å². The molecule has 0 aliphatic heterocycles. The summed E-state index contributed by atoms with van der Waals surface area (Å²) in [4.78, 5) is 0. The van der Waals surface area contributed by atoms with Crippen molar-refractivity contribution < 1.29 is 9.15 Å². The average molecular weight is 281 g/mol. The lowest BCUT2D eigenvalue weighted by Gasteiger charge is -2.17. The van der Waals surface area contributed by atoms with E-state index in [1.54, 1.807) is 6.07 Å². The molecule has 0 radical (unpaired) electrons. The molecule has 1 unspecified atom stereocenters.